The number of aliphatic hydroxyl groups is 1. The van der Waals surface area contributed by atoms with Gasteiger partial charge < -0.3 is 10.4 Å². The number of aromatic nitrogens is 1. The van der Waals surface area contributed by atoms with Gasteiger partial charge in [-0.05, 0) is 12.5 Å². The molecular formula is C9H16N2OS. The lowest BCUT2D eigenvalue weighted by molar-refractivity contribution is 0.240. The predicted molar refractivity (Wildman–Crippen MR) is 54.8 cm³/mol. The Labute approximate surface area is 82.8 Å². The Kier molecular flexibility index (Phi) is 4.35. The third kappa shape index (κ3) is 3.42. The van der Waals surface area contributed by atoms with Crippen molar-refractivity contribution in [3.05, 3.63) is 16.6 Å². The number of hydrogen-bond donors (Lipinski definition) is 2. The molecule has 0 fully saturated rings. The molecule has 0 aromatic carbocycles. The van der Waals surface area contributed by atoms with Gasteiger partial charge in [-0.1, -0.05) is 13.8 Å². The van der Waals surface area contributed by atoms with Gasteiger partial charge in [-0.15, -0.1) is 11.3 Å². The van der Waals surface area contributed by atoms with Crippen LogP contribution in [0.15, 0.2) is 11.6 Å². The molecule has 1 atom stereocenters. The average molecular weight is 200 g/mol. The number of aliphatic hydroxyl groups excluding tert-OH is 1. The van der Waals surface area contributed by atoms with Crippen LogP contribution in [-0.4, -0.2) is 23.2 Å². The maximum absolute atomic E-state index is 9.11. The fraction of sp³-hybridized carbons (Fsp3) is 0.667. The van der Waals surface area contributed by atoms with E-state index in [1.54, 1.807) is 17.5 Å². The summed E-state index contributed by atoms with van der Waals surface area (Å²) in [6.07, 6.45) is 1.76. The van der Waals surface area contributed by atoms with Gasteiger partial charge >= 0.3 is 0 Å². The molecule has 74 valence electrons. The third-order valence-electron chi connectivity index (χ3n) is 1.70. The quantitative estimate of drug-likeness (QED) is 0.755. The van der Waals surface area contributed by atoms with E-state index in [9.17, 15) is 0 Å². The second kappa shape index (κ2) is 5.32. The van der Waals surface area contributed by atoms with Gasteiger partial charge in [0.1, 0.15) is 5.01 Å². The molecule has 1 aromatic rings. The number of nitrogens with one attached hydrogen (secondary N) is 1. The molecule has 0 aliphatic rings. The van der Waals surface area contributed by atoms with Gasteiger partial charge in [-0.3, -0.25) is 0 Å². The van der Waals surface area contributed by atoms with Crippen LogP contribution in [0, 0.1) is 5.92 Å². The molecule has 0 saturated heterocycles. The van der Waals surface area contributed by atoms with Crippen LogP contribution in [0.3, 0.4) is 0 Å². The SMILES string of the molecule is CC(C)CNC(CO)c1nccs1. The van der Waals surface area contributed by atoms with E-state index >= 15 is 0 Å². The molecular weight excluding hydrogens is 184 g/mol. The monoisotopic (exact) mass is 200 g/mol. The molecule has 3 nitrogen and oxygen atoms in total. The molecule has 2 N–H and O–H groups in total. The number of hydrogen-bond acceptors (Lipinski definition) is 4. The van der Waals surface area contributed by atoms with E-state index in [1.807, 2.05) is 5.38 Å². The number of nitrogens with zero attached hydrogens (tertiary/aromatic N) is 1. The minimum absolute atomic E-state index is 0.00222. The van der Waals surface area contributed by atoms with Gasteiger partial charge in [0, 0.05) is 11.6 Å². The van der Waals surface area contributed by atoms with Crippen molar-refractivity contribution in [2.24, 2.45) is 5.92 Å². The lowest BCUT2D eigenvalue weighted by Crippen LogP contribution is -2.27. The van der Waals surface area contributed by atoms with E-state index in [0.717, 1.165) is 11.6 Å². The highest BCUT2D eigenvalue weighted by atomic mass is 32.1. The van der Waals surface area contributed by atoms with Gasteiger partial charge in [0.15, 0.2) is 0 Å². The van der Waals surface area contributed by atoms with Crippen LogP contribution in [0.2, 0.25) is 0 Å². The predicted octanol–water partition coefficient (Wildman–Crippen LogP) is 1.42. The van der Waals surface area contributed by atoms with E-state index in [2.05, 4.69) is 24.1 Å². The van der Waals surface area contributed by atoms with Crippen LogP contribution in [-0.2, 0) is 0 Å². The Morgan fingerprint density at radius 2 is 2.38 bits per heavy atom. The molecule has 13 heavy (non-hydrogen) atoms. The Morgan fingerprint density at radius 1 is 1.62 bits per heavy atom. The summed E-state index contributed by atoms with van der Waals surface area (Å²) in [7, 11) is 0. The maximum Gasteiger partial charge on any atom is 0.112 e. The van der Waals surface area contributed by atoms with Crippen LogP contribution >= 0.6 is 11.3 Å². The summed E-state index contributed by atoms with van der Waals surface area (Å²) in [5.41, 5.74) is 0. The molecule has 1 rings (SSSR count). The minimum atomic E-state index is 0.00222. The lowest BCUT2D eigenvalue weighted by Gasteiger charge is -2.14. The smallest absolute Gasteiger partial charge is 0.112 e. The van der Waals surface area contributed by atoms with Crippen LogP contribution in [0.4, 0.5) is 0 Å². The summed E-state index contributed by atoms with van der Waals surface area (Å²) in [5, 5.41) is 15.3. The zero-order chi connectivity index (χ0) is 9.68. The third-order valence-corrected chi connectivity index (χ3v) is 2.59. The minimum Gasteiger partial charge on any atom is -0.394 e. The standard InChI is InChI=1S/C9H16N2OS/c1-7(2)5-11-8(6-12)9-10-3-4-13-9/h3-4,7-8,11-12H,5-6H2,1-2H3. The molecule has 0 amide bonds. The van der Waals surface area contributed by atoms with Crippen molar-refractivity contribution < 1.29 is 5.11 Å². The average Bonchev–Trinajstić information content (AvgIpc) is 2.58. The summed E-state index contributed by atoms with van der Waals surface area (Å²) in [6.45, 7) is 5.30. The van der Waals surface area contributed by atoms with Gasteiger partial charge in [0.25, 0.3) is 0 Å². The summed E-state index contributed by atoms with van der Waals surface area (Å²) in [4.78, 5) is 4.16. The summed E-state index contributed by atoms with van der Waals surface area (Å²) in [5.74, 6) is 0.592. The fourth-order valence-corrected chi connectivity index (χ4v) is 1.72. The Bertz CT molecular complexity index is 224. The van der Waals surface area contributed by atoms with Crippen molar-refractivity contribution in [1.29, 1.82) is 0 Å². The molecule has 0 saturated carbocycles. The first-order valence-electron chi connectivity index (χ1n) is 4.47. The highest BCUT2D eigenvalue weighted by Gasteiger charge is 2.11. The Morgan fingerprint density at radius 3 is 2.85 bits per heavy atom. The van der Waals surface area contributed by atoms with E-state index in [0.29, 0.717) is 5.92 Å². The second-order valence-corrected chi connectivity index (χ2v) is 4.33. The van der Waals surface area contributed by atoms with Crippen molar-refractivity contribution in [3.63, 3.8) is 0 Å². The second-order valence-electron chi connectivity index (χ2n) is 3.41. The molecule has 1 unspecified atom stereocenters. The Balaban J connectivity index is 2.44. The van der Waals surface area contributed by atoms with Crippen molar-refractivity contribution in [1.82, 2.24) is 10.3 Å². The first-order chi connectivity index (χ1) is 6.24. The van der Waals surface area contributed by atoms with Crippen LogP contribution in [0.25, 0.3) is 0 Å². The molecule has 4 heteroatoms. The molecule has 1 heterocycles. The fourth-order valence-electron chi connectivity index (χ4n) is 1.01. The topological polar surface area (TPSA) is 45.1 Å². The zero-order valence-corrected chi connectivity index (χ0v) is 8.84. The first kappa shape index (κ1) is 10.6. The van der Waals surface area contributed by atoms with Crippen LogP contribution < -0.4 is 5.32 Å². The summed E-state index contributed by atoms with van der Waals surface area (Å²) in [6, 6.07) is 0.00222. The van der Waals surface area contributed by atoms with E-state index in [-0.39, 0.29) is 12.6 Å². The van der Waals surface area contributed by atoms with E-state index < -0.39 is 0 Å². The highest BCUT2D eigenvalue weighted by Crippen LogP contribution is 2.14. The number of rotatable bonds is 5. The molecule has 0 bridgehead atoms. The van der Waals surface area contributed by atoms with Gasteiger partial charge in [-0.2, -0.15) is 0 Å². The summed E-state index contributed by atoms with van der Waals surface area (Å²) < 4.78 is 0. The lowest BCUT2D eigenvalue weighted by atomic mass is 10.2. The number of thiazole rings is 1. The summed E-state index contributed by atoms with van der Waals surface area (Å²) >= 11 is 1.57. The van der Waals surface area contributed by atoms with Crippen molar-refractivity contribution >= 4 is 11.3 Å². The van der Waals surface area contributed by atoms with Crippen LogP contribution in [0.1, 0.15) is 24.9 Å². The van der Waals surface area contributed by atoms with Crippen molar-refractivity contribution in [3.8, 4) is 0 Å². The normalized spacial score (nSPS) is 13.5. The van der Waals surface area contributed by atoms with Gasteiger partial charge in [-0.25, -0.2) is 4.98 Å². The van der Waals surface area contributed by atoms with Crippen LogP contribution in [0.5, 0.6) is 0 Å². The Hall–Kier alpha value is -0.450. The van der Waals surface area contributed by atoms with Crippen molar-refractivity contribution in [2.75, 3.05) is 13.2 Å². The van der Waals surface area contributed by atoms with Gasteiger partial charge in [0.05, 0.1) is 12.6 Å². The molecule has 1 aromatic heterocycles. The van der Waals surface area contributed by atoms with E-state index in [4.69, 9.17) is 5.11 Å². The largest absolute Gasteiger partial charge is 0.394 e. The molecule has 0 radical (unpaired) electrons. The van der Waals surface area contributed by atoms with Crippen molar-refractivity contribution in [2.45, 2.75) is 19.9 Å². The maximum atomic E-state index is 9.11. The van der Waals surface area contributed by atoms with Gasteiger partial charge in [0.2, 0.25) is 0 Å². The zero-order valence-electron chi connectivity index (χ0n) is 8.03. The molecule has 0 aliphatic carbocycles. The molecule has 0 aliphatic heterocycles. The molecule has 0 spiro atoms. The first-order valence-corrected chi connectivity index (χ1v) is 5.35. The highest BCUT2D eigenvalue weighted by molar-refractivity contribution is 7.09. The van der Waals surface area contributed by atoms with E-state index in [1.165, 1.54) is 0 Å².